The molecule has 2 aromatic carbocycles. The van der Waals surface area contributed by atoms with Crippen LogP contribution in [-0.4, -0.2) is 5.78 Å². The lowest BCUT2D eigenvalue weighted by Gasteiger charge is -2.06. The topological polar surface area (TPSA) is 17.1 Å². The fraction of sp³-hybridized carbons (Fsp3) is 0.133. The largest absolute Gasteiger partial charge is 0.294 e. The van der Waals surface area contributed by atoms with Crippen LogP contribution >= 0.6 is 15.9 Å². The molecule has 0 saturated carbocycles. The van der Waals surface area contributed by atoms with Crippen molar-refractivity contribution < 1.29 is 13.6 Å². The van der Waals surface area contributed by atoms with E-state index >= 15 is 0 Å². The van der Waals surface area contributed by atoms with Gasteiger partial charge in [0.25, 0.3) is 0 Å². The molecule has 2 aromatic rings. The maximum absolute atomic E-state index is 13.7. The molecule has 0 fully saturated rings. The minimum atomic E-state index is -0.544. The molecule has 0 aliphatic rings. The SMILES string of the molecule is Cc1ccc(C(=O)Cc2cc(F)ccc2Br)c(F)c1. The minimum Gasteiger partial charge on any atom is -0.294 e. The Labute approximate surface area is 118 Å². The van der Waals surface area contributed by atoms with Gasteiger partial charge in [-0.2, -0.15) is 0 Å². The van der Waals surface area contributed by atoms with E-state index in [1.807, 2.05) is 0 Å². The molecule has 2 rings (SSSR count). The molecule has 0 saturated heterocycles. The standard InChI is InChI=1S/C15H11BrF2O/c1-9-2-4-12(14(18)6-9)15(19)8-10-7-11(17)3-5-13(10)16/h2-7H,8H2,1H3. The summed E-state index contributed by atoms with van der Waals surface area (Å²) in [5, 5.41) is 0. The Hall–Kier alpha value is -1.55. The number of hydrogen-bond donors (Lipinski definition) is 0. The predicted molar refractivity (Wildman–Crippen MR) is 73.3 cm³/mol. The zero-order chi connectivity index (χ0) is 14.0. The van der Waals surface area contributed by atoms with Gasteiger partial charge in [-0.05, 0) is 48.4 Å². The van der Waals surface area contributed by atoms with Gasteiger partial charge >= 0.3 is 0 Å². The van der Waals surface area contributed by atoms with Crippen LogP contribution < -0.4 is 0 Å². The van der Waals surface area contributed by atoms with Gasteiger partial charge in [-0.1, -0.05) is 22.0 Å². The average molecular weight is 325 g/mol. The van der Waals surface area contributed by atoms with Gasteiger partial charge < -0.3 is 0 Å². The van der Waals surface area contributed by atoms with Crippen LogP contribution in [0.2, 0.25) is 0 Å². The summed E-state index contributed by atoms with van der Waals surface area (Å²) in [6, 6.07) is 8.55. The van der Waals surface area contributed by atoms with Crippen LogP contribution in [-0.2, 0) is 6.42 Å². The van der Waals surface area contributed by atoms with Gasteiger partial charge in [0.15, 0.2) is 5.78 Å². The third kappa shape index (κ3) is 3.26. The summed E-state index contributed by atoms with van der Waals surface area (Å²) in [6.45, 7) is 1.75. The van der Waals surface area contributed by atoms with Crippen molar-refractivity contribution in [3.63, 3.8) is 0 Å². The monoisotopic (exact) mass is 324 g/mol. The first kappa shape index (κ1) is 13.9. The maximum atomic E-state index is 13.7. The number of Topliss-reactive ketones (excluding diaryl/α,β-unsaturated/α-hetero) is 1. The molecule has 0 bridgehead atoms. The molecule has 0 heterocycles. The molecule has 98 valence electrons. The molecule has 0 aromatic heterocycles. The van der Waals surface area contributed by atoms with Crippen molar-refractivity contribution in [1.29, 1.82) is 0 Å². The first-order chi connectivity index (χ1) is 8.97. The first-order valence-electron chi connectivity index (χ1n) is 5.70. The maximum Gasteiger partial charge on any atom is 0.170 e. The summed E-state index contributed by atoms with van der Waals surface area (Å²) in [4.78, 5) is 12.0. The van der Waals surface area contributed by atoms with E-state index in [1.165, 1.54) is 30.3 Å². The lowest BCUT2D eigenvalue weighted by Crippen LogP contribution is -2.07. The molecular formula is C15H11BrF2O. The highest BCUT2D eigenvalue weighted by Crippen LogP contribution is 2.21. The summed E-state index contributed by atoms with van der Waals surface area (Å²) >= 11 is 3.25. The highest BCUT2D eigenvalue weighted by molar-refractivity contribution is 9.10. The van der Waals surface area contributed by atoms with E-state index in [4.69, 9.17) is 0 Å². The van der Waals surface area contributed by atoms with Crippen molar-refractivity contribution in [2.24, 2.45) is 0 Å². The van der Waals surface area contributed by atoms with Gasteiger partial charge in [-0.3, -0.25) is 4.79 Å². The number of hydrogen-bond acceptors (Lipinski definition) is 1. The summed E-state index contributed by atoms with van der Waals surface area (Å²) < 4.78 is 27.4. The highest BCUT2D eigenvalue weighted by Gasteiger charge is 2.14. The molecule has 1 nitrogen and oxygen atoms in total. The second kappa shape index (κ2) is 5.61. The Kier molecular flexibility index (Phi) is 4.10. The van der Waals surface area contributed by atoms with E-state index in [9.17, 15) is 13.6 Å². The van der Waals surface area contributed by atoms with E-state index in [2.05, 4.69) is 15.9 Å². The third-order valence-electron chi connectivity index (χ3n) is 2.78. The van der Waals surface area contributed by atoms with Crippen molar-refractivity contribution in [3.8, 4) is 0 Å². The van der Waals surface area contributed by atoms with Crippen molar-refractivity contribution >= 4 is 21.7 Å². The van der Waals surface area contributed by atoms with Crippen LogP contribution in [0.4, 0.5) is 8.78 Å². The second-order valence-electron chi connectivity index (χ2n) is 4.32. The zero-order valence-electron chi connectivity index (χ0n) is 10.2. The molecule has 4 heteroatoms. The number of halogens is 3. The predicted octanol–water partition coefficient (Wildman–Crippen LogP) is 4.46. The third-order valence-corrected chi connectivity index (χ3v) is 3.56. The number of rotatable bonds is 3. The normalized spacial score (nSPS) is 10.5. The van der Waals surface area contributed by atoms with E-state index < -0.39 is 11.6 Å². The Morgan fingerprint density at radius 2 is 1.89 bits per heavy atom. The van der Waals surface area contributed by atoms with E-state index in [-0.39, 0.29) is 17.8 Å². The summed E-state index contributed by atoms with van der Waals surface area (Å²) in [7, 11) is 0. The molecule has 0 radical (unpaired) electrons. The van der Waals surface area contributed by atoms with Crippen LogP contribution in [0.25, 0.3) is 0 Å². The number of benzene rings is 2. The Morgan fingerprint density at radius 3 is 2.58 bits per heavy atom. The van der Waals surface area contributed by atoms with Crippen LogP contribution in [0.5, 0.6) is 0 Å². The quantitative estimate of drug-likeness (QED) is 0.762. The molecule has 0 amide bonds. The van der Waals surface area contributed by atoms with E-state index in [1.54, 1.807) is 13.0 Å². The molecular weight excluding hydrogens is 314 g/mol. The average Bonchev–Trinajstić information content (AvgIpc) is 2.33. The van der Waals surface area contributed by atoms with Crippen LogP contribution in [0, 0.1) is 18.6 Å². The molecule has 0 N–H and O–H groups in total. The molecule has 0 unspecified atom stereocenters. The van der Waals surface area contributed by atoms with Crippen molar-refractivity contribution in [1.82, 2.24) is 0 Å². The van der Waals surface area contributed by atoms with Crippen LogP contribution in [0.1, 0.15) is 21.5 Å². The van der Waals surface area contributed by atoms with Gasteiger partial charge in [0, 0.05) is 10.9 Å². The Balaban J connectivity index is 2.28. The lowest BCUT2D eigenvalue weighted by molar-refractivity contribution is 0.0989. The number of carbonyl (C=O) groups excluding carboxylic acids is 1. The fourth-order valence-corrected chi connectivity index (χ4v) is 2.18. The van der Waals surface area contributed by atoms with Crippen LogP contribution in [0.3, 0.4) is 0 Å². The van der Waals surface area contributed by atoms with E-state index in [0.717, 1.165) is 5.56 Å². The number of aryl methyl sites for hydroxylation is 1. The first-order valence-corrected chi connectivity index (χ1v) is 6.50. The summed E-state index contributed by atoms with van der Waals surface area (Å²) in [5.74, 6) is -1.34. The van der Waals surface area contributed by atoms with Crippen molar-refractivity contribution in [2.45, 2.75) is 13.3 Å². The van der Waals surface area contributed by atoms with Gasteiger partial charge in [-0.15, -0.1) is 0 Å². The summed E-state index contributed by atoms with van der Waals surface area (Å²) in [5.41, 5.74) is 1.28. The Bertz CT molecular complexity index is 638. The van der Waals surface area contributed by atoms with Gasteiger partial charge in [0.05, 0.1) is 5.56 Å². The second-order valence-corrected chi connectivity index (χ2v) is 5.17. The van der Waals surface area contributed by atoms with Crippen molar-refractivity contribution in [2.75, 3.05) is 0 Å². The van der Waals surface area contributed by atoms with Gasteiger partial charge in [0.1, 0.15) is 11.6 Å². The lowest BCUT2D eigenvalue weighted by atomic mass is 10.0. The Morgan fingerprint density at radius 1 is 1.16 bits per heavy atom. The molecule has 0 spiro atoms. The summed E-state index contributed by atoms with van der Waals surface area (Å²) in [6.07, 6.45) is -0.0433. The fourth-order valence-electron chi connectivity index (χ4n) is 1.79. The van der Waals surface area contributed by atoms with Crippen molar-refractivity contribution in [3.05, 3.63) is 69.2 Å². The molecule has 0 aliphatic heterocycles. The zero-order valence-corrected chi connectivity index (χ0v) is 11.8. The number of ketones is 1. The smallest absolute Gasteiger partial charge is 0.170 e. The number of carbonyl (C=O) groups is 1. The van der Waals surface area contributed by atoms with Gasteiger partial charge in [-0.25, -0.2) is 8.78 Å². The van der Waals surface area contributed by atoms with E-state index in [0.29, 0.717) is 10.0 Å². The molecule has 19 heavy (non-hydrogen) atoms. The highest BCUT2D eigenvalue weighted by atomic mass is 79.9. The van der Waals surface area contributed by atoms with Crippen LogP contribution in [0.15, 0.2) is 40.9 Å². The minimum absolute atomic E-state index is 0.0294. The molecule has 0 aliphatic carbocycles. The molecule has 0 atom stereocenters. The van der Waals surface area contributed by atoms with Gasteiger partial charge in [0.2, 0.25) is 0 Å².